The third-order valence-corrected chi connectivity index (χ3v) is 7.50. The summed E-state index contributed by atoms with van der Waals surface area (Å²) in [6, 6.07) is 0. The van der Waals surface area contributed by atoms with Gasteiger partial charge < -0.3 is 0 Å². The highest BCUT2D eigenvalue weighted by Crippen LogP contribution is 2.09. The monoisotopic (exact) mass is 216 g/mol. The fourth-order valence-corrected chi connectivity index (χ4v) is 5.25. The van der Waals surface area contributed by atoms with Gasteiger partial charge >= 0.3 is 0 Å². The Labute approximate surface area is 79.3 Å². The quantitative estimate of drug-likeness (QED) is 0.425. The van der Waals surface area contributed by atoms with E-state index in [4.69, 9.17) is 0 Å². The average Bonchev–Trinajstić information content (AvgIpc) is 1.84. The third-order valence-electron chi connectivity index (χ3n) is 1.00. The van der Waals surface area contributed by atoms with Crippen molar-refractivity contribution < 1.29 is 0 Å². The van der Waals surface area contributed by atoms with Crippen molar-refractivity contribution in [2.24, 2.45) is 0 Å². The lowest BCUT2D eigenvalue weighted by atomic mass is 11.1. The van der Waals surface area contributed by atoms with Gasteiger partial charge in [-0.25, -0.2) is 0 Å². The zero-order chi connectivity index (χ0) is 7.72. The average molecular weight is 217 g/mol. The van der Waals surface area contributed by atoms with Crippen LogP contribution < -0.4 is 0 Å². The van der Waals surface area contributed by atoms with Crippen molar-refractivity contribution in [2.45, 2.75) is 0 Å². The standard InChI is InChI=1S/C4Si6/c5-1-2(6)10-4(8)3(7)9-1. The lowest BCUT2D eigenvalue weighted by Gasteiger charge is -2.15. The molecule has 0 aromatic heterocycles. The molecule has 40 valence electrons. The van der Waals surface area contributed by atoms with E-state index in [-0.39, 0.29) is 0 Å². The van der Waals surface area contributed by atoms with Crippen molar-refractivity contribution in [3.05, 3.63) is 19.3 Å². The molecule has 10 heavy (non-hydrogen) atoms. The highest BCUT2D eigenvalue weighted by Gasteiger charge is 2.10. The summed E-state index contributed by atoms with van der Waals surface area (Å²) in [7, 11) is 15.5. The molecule has 1 heterocycles. The second-order valence-electron chi connectivity index (χ2n) is 1.75. The van der Waals surface area contributed by atoms with E-state index in [2.05, 4.69) is 41.0 Å². The van der Waals surface area contributed by atoms with E-state index < -0.39 is 0 Å². The molecule has 0 bridgehead atoms. The molecule has 0 saturated heterocycles. The Hall–Kier alpha value is 0.781. The van der Waals surface area contributed by atoms with Crippen LogP contribution in [0.3, 0.4) is 0 Å². The summed E-state index contributed by atoms with van der Waals surface area (Å²) in [6.45, 7) is 0. The SMILES string of the molecule is [Si]C1=C([Si])[Si]C([Si])=C([Si])[Si]1. The molecule has 0 saturated carbocycles. The first-order chi connectivity index (χ1) is 4.61. The second-order valence-corrected chi connectivity index (χ2v) is 8.25. The number of rotatable bonds is 0. The van der Waals surface area contributed by atoms with Gasteiger partial charge in [0.15, 0.2) is 0 Å². The van der Waals surface area contributed by atoms with Crippen LogP contribution in [0, 0.1) is 0 Å². The van der Waals surface area contributed by atoms with E-state index in [1.54, 1.807) is 0 Å². The Balaban J connectivity index is 2.81. The van der Waals surface area contributed by atoms with Crippen molar-refractivity contribution in [1.29, 1.82) is 0 Å². The van der Waals surface area contributed by atoms with E-state index in [0.717, 1.165) is 0 Å². The van der Waals surface area contributed by atoms with Crippen molar-refractivity contribution in [2.75, 3.05) is 0 Å². The highest BCUT2D eigenvalue weighted by atomic mass is 28.3. The molecule has 1 aliphatic heterocycles. The van der Waals surface area contributed by atoms with E-state index in [1.807, 2.05) is 0 Å². The Morgan fingerprint density at radius 3 is 1.00 bits per heavy atom. The van der Waals surface area contributed by atoms with Crippen LogP contribution in [0.15, 0.2) is 19.3 Å². The van der Waals surface area contributed by atoms with Gasteiger partial charge in [-0.05, 0) is 0 Å². The summed E-state index contributed by atoms with van der Waals surface area (Å²) in [4.78, 5) is 5.01. The Kier molecular flexibility index (Phi) is 3.06. The topological polar surface area (TPSA) is 0 Å². The van der Waals surface area contributed by atoms with Gasteiger partial charge in [0.2, 0.25) is 0 Å². The summed E-state index contributed by atoms with van der Waals surface area (Å²) in [6.07, 6.45) is 0. The first-order valence-corrected chi connectivity index (χ1v) is 6.50. The van der Waals surface area contributed by atoms with Gasteiger partial charge in [-0.2, -0.15) is 0 Å². The Morgan fingerprint density at radius 2 is 0.800 bits per heavy atom. The van der Waals surface area contributed by atoms with Crippen LogP contribution in [0.4, 0.5) is 0 Å². The van der Waals surface area contributed by atoms with Gasteiger partial charge in [0.05, 0.1) is 60.0 Å². The van der Waals surface area contributed by atoms with Crippen molar-refractivity contribution >= 4 is 60.0 Å². The van der Waals surface area contributed by atoms with Crippen LogP contribution in [-0.2, 0) is 0 Å². The lowest BCUT2D eigenvalue weighted by Crippen LogP contribution is -2.20. The van der Waals surface area contributed by atoms with E-state index in [1.165, 1.54) is 19.3 Å². The first-order valence-electron chi connectivity index (χ1n) is 2.50. The minimum absolute atomic E-state index is 0.706. The normalized spacial score (nSPS) is 20.4. The molecule has 0 nitrogen and oxygen atoms in total. The molecule has 6 heteroatoms. The maximum absolute atomic E-state index is 3.53. The maximum atomic E-state index is 3.53. The summed E-state index contributed by atoms with van der Waals surface area (Å²) >= 11 is 0. The smallest absolute Gasteiger partial charge is 0.0961 e. The molecule has 0 aromatic rings. The molecule has 0 amide bonds. The van der Waals surface area contributed by atoms with E-state index in [9.17, 15) is 0 Å². The number of hydrogen-bond acceptors (Lipinski definition) is 0. The largest absolute Gasteiger partial charge is 0.106 e. The molecule has 0 aliphatic carbocycles. The molecule has 1 rings (SSSR count). The summed E-state index contributed by atoms with van der Waals surface area (Å²) < 4.78 is 0. The summed E-state index contributed by atoms with van der Waals surface area (Å²) in [5.41, 5.74) is 0. The molecular formula is C4Si6. The van der Waals surface area contributed by atoms with Crippen LogP contribution in [0.25, 0.3) is 0 Å². The molecule has 1 aliphatic rings. The Bertz CT molecular complexity index is 170. The number of hydrogen-bond donors (Lipinski definition) is 0. The van der Waals surface area contributed by atoms with Crippen LogP contribution in [0.2, 0.25) is 0 Å². The van der Waals surface area contributed by atoms with Gasteiger partial charge in [0.1, 0.15) is 0 Å². The van der Waals surface area contributed by atoms with Crippen LogP contribution in [-0.4, -0.2) is 60.0 Å². The molecule has 0 spiro atoms. The van der Waals surface area contributed by atoms with Crippen LogP contribution in [0.5, 0.6) is 0 Å². The molecule has 0 atom stereocenters. The minimum atomic E-state index is 0.706. The van der Waals surface area contributed by atoms with Gasteiger partial charge in [-0.15, -0.1) is 19.3 Å². The molecule has 0 fully saturated rings. The predicted octanol–water partition coefficient (Wildman–Crippen LogP) is -1.66. The summed E-state index contributed by atoms with van der Waals surface area (Å²) in [5, 5.41) is 0. The zero-order valence-electron chi connectivity index (χ0n) is 5.00. The van der Waals surface area contributed by atoms with Crippen LogP contribution in [0.1, 0.15) is 0 Å². The van der Waals surface area contributed by atoms with Crippen molar-refractivity contribution in [3.63, 3.8) is 0 Å². The van der Waals surface area contributed by atoms with Crippen LogP contribution >= 0.6 is 0 Å². The minimum Gasteiger partial charge on any atom is -0.106 e. The van der Waals surface area contributed by atoms with E-state index >= 15 is 0 Å². The molecule has 0 unspecified atom stereocenters. The molecule has 16 radical (unpaired) electrons. The highest BCUT2D eigenvalue weighted by molar-refractivity contribution is 6.89. The van der Waals surface area contributed by atoms with Crippen molar-refractivity contribution in [1.82, 2.24) is 0 Å². The van der Waals surface area contributed by atoms with Gasteiger partial charge in [0.25, 0.3) is 0 Å². The second kappa shape index (κ2) is 3.45. The van der Waals surface area contributed by atoms with Gasteiger partial charge in [-0.3, -0.25) is 0 Å². The fourth-order valence-electron chi connectivity index (χ4n) is 0.500. The Morgan fingerprint density at radius 1 is 0.600 bits per heavy atom. The fraction of sp³-hybridized carbons (Fsp3) is 0. The zero-order valence-corrected chi connectivity index (χ0v) is 11.0. The lowest BCUT2D eigenvalue weighted by molar-refractivity contribution is 2.01. The van der Waals surface area contributed by atoms with E-state index in [0.29, 0.717) is 19.0 Å². The maximum Gasteiger partial charge on any atom is 0.0961 e. The van der Waals surface area contributed by atoms with Gasteiger partial charge in [-0.1, -0.05) is 0 Å². The predicted molar refractivity (Wildman–Crippen MR) is 48.6 cm³/mol. The first kappa shape index (κ1) is 8.87. The molecule has 0 N–H and O–H groups in total. The third kappa shape index (κ3) is 1.89. The van der Waals surface area contributed by atoms with Crippen molar-refractivity contribution in [3.8, 4) is 0 Å². The molecular weight excluding hydrogens is 217 g/mol. The molecule has 0 aromatic carbocycles. The van der Waals surface area contributed by atoms with Gasteiger partial charge in [0, 0.05) is 0 Å². The summed E-state index contributed by atoms with van der Waals surface area (Å²) in [5.74, 6) is 0.